The summed E-state index contributed by atoms with van der Waals surface area (Å²) in [6.07, 6.45) is 23.7. The molecule has 0 aliphatic heterocycles. The van der Waals surface area contributed by atoms with E-state index >= 15 is 0 Å². The second kappa shape index (κ2) is 20.1. The van der Waals surface area contributed by atoms with Crippen LogP contribution in [0.25, 0.3) is 0 Å². The van der Waals surface area contributed by atoms with Gasteiger partial charge in [0.25, 0.3) is 0 Å². The lowest BCUT2D eigenvalue weighted by molar-refractivity contribution is -0.510. The van der Waals surface area contributed by atoms with Crippen molar-refractivity contribution in [3.8, 4) is 0 Å². The molecule has 0 aliphatic rings. The van der Waals surface area contributed by atoms with Crippen LogP contribution in [-0.2, 0) is 4.79 Å². The molecule has 0 fully saturated rings. The van der Waals surface area contributed by atoms with Gasteiger partial charge in [-0.05, 0) is 31.8 Å². The average molecular weight is 368 g/mol. The third-order valence-corrected chi connectivity index (χ3v) is 4.93. The highest BCUT2D eigenvalue weighted by molar-refractivity contribution is 5.48. The monoisotopic (exact) mass is 367 g/mol. The number of unbranched alkanes of at least 4 members (excludes halogenated alkanes) is 14. The smallest absolute Gasteiger partial charge is 0.231 e. The zero-order chi connectivity index (χ0) is 19.3. The van der Waals surface area contributed by atoms with Crippen molar-refractivity contribution in [3.05, 3.63) is 22.3 Å². The highest BCUT2D eigenvalue weighted by Crippen LogP contribution is 2.13. The fraction of sp³-hybridized carbons (Fsp3) is 0.864. The van der Waals surface area contributed by atoms with Crippen molar-refractivity contribution in [1.82, 2.24) is 0 Å². The Morgan fingerprint density at radius 3 is 1.81 bits per heavy atom. The lowest BCUT2D eigenvalue weighted by atomic mass is 10.0. The summed E-state index contributed by atoms with van der Waals surface area (Å²) in [5.41, 5.74) is 0. The molecule has 0 N–H and O–H groups in total. The summed E-state index contributed by atoms with van der Waals surface area (Å²) in [7, 11) is 0. The third-order valence-electron chi connectivity index (χ3n) is 4.93. The Labute approximate surface area is 161 Å². The predicted octanol–water partition coefficient (Wildman–Crippen LogP) is 7.04. The molecule has 4 heteroatoms. The van der Waals surface area contributed by atoms with E-state index in [-0.39, 0.29) is 4.92 Å². The number of aldehydes is 1. The Balaban J connectivity index is 3.56. The number of nitrogens with zero attached hydrogens (tertiary/aromatic N) is 1. The van der Waals surface area contributed by atoms with E-state index in [1.165, 1.54) is 57.8 Å². The number of nitro groups is 1. The number of carbonyl (C=O) groups is 1. The van der Waals surface area contributed by atoms with Crippen LogP contribution in [0, 0.1) is 10.1 Å². The number of allylic oxidation sites excluding steroid dienone is 1. The Kier molecular flexibility index (Phi) is 19.2. The third kappa shape index (κ3) is 17.6. The second-order valence-corrected chi connectivity index (χ2v) is 7.41. The number of hydrogen-bond acceptors (Lipinski definition) is 3. The Morgan fingerprint density at radius 1 is 0.769 bits per heavy atom. The maximum Gasteiger partial charge on any atom is 0.231 e. The maximum absolute atomic E-state index is 11.2. The summed E-state index contributed by atoms with van der Waals surface area (Å²) in [6.45, 7) is 2.21. The van der Waals surface area contributed by atoms with Gasteiger partial charge >= 0.3 is 0 Å². The van der Waals surface area contributed by atoms with Crippen molar-refractivity contribution in [2.45, 2.75) is 122 Å². The summed E-state index contributed by atoms with van der Waals surface area (Å²) in [6, 6.07) is -0.497. The average Bonchev–Trinajstić information content (AvgIpc) is 2.63. The second-order valence-electron chi connectivity index (χ2n) is 7.41. The normalized spacial score (nSPS) is 12.5. The highest BCUT2D eigenvalue weighted by atomic mass is 16.6. The molecule has 0 aromatic carbocycles. The first kappa shape index (κ1) is 24.8. The van der Waals surface area contributed by atoms with Crippen molar-refractivity contribution in [3.63, 3.8) is 0 Å². The molecule has 0 heterocycles. The van der Waals surface area contributed by atoms with Crippen molar-refractivity contribution in [2.75, 3.05) is 0 Å². The van der Waals surface area contributed by atoms with Gasteiger partial charge in [0.2, 0.25) is 6.04 Å². The molecule has 152 valence electrons. The van der Waals surface area contributed by atoms with Gasteiger partial charge in [-0.3, -0.25) is 10.1 Å². The number of carbonyl (C=O) groups excluding carboxylic acids is 1. The van der Waals surface area contributed by atoms with Gasteiger partial charge in [0.15, 0.2) is 0 Å². The highest BCUT2D eigenvalue weighted by Gasteiger charge is 2.14. The summed E-state index contributed by atoms with van der Waals surface area (Å²) >= 11 is 0. The Morgan fingerprint density at radius 2 is 1.27 bits per heavy atom. The predicted molar refractivity (Wildman–Crippen MR) is 110 cm³/mol. The van der Waals surface area contributed by atoms with Crippen LogP contribution in [0.5, 0.6) is 0 Å². The Hall–Kier alpha value is -1.19. The number of hydrogen-bond donors (Lipinski definition) is 0. The molecule has 0 saturated heterocycles. The van der Waals surface area contributed by atoms with E-state index in [9.17, 15) is 14.9 Å². The Bertz CT molecular complexity index is 355. The molecule has 1 atom stereocenters. The molecule has 0 bridgehead atoms. The van der Waals surface area contributed by atoms with Crippen LogP contribution < -0.4 is 0 Å². The van der Waals surface area contributed by atoms with Crippen LogP contribution in [0.15, 0.2) is 12.2 Å². The van der Waals surface area contributed by atoms with Gasteiger partial charge in [-0.2, -0.15) is 0 Å². The van der Waals surface area contributed by atoms with Gasteiger partial charge in [0.1, 0.15) is 6.29 Å². The summed E-state index contributed by atoms with van der Waals surface area (Å²) in [5.74, 6) is 0. The zero-order valence-electron chi connectivity index (χ0n) is 17.0. The van der Waals surface area contributed by atoms with E-state index in [1.54, 1.807) is 0 Å². The topological polar surface area (TPSA) is 60.2 Å². The first-order valence-corrected chi connectivity index (χ1v) is 11.0. The van der Waals surface area contributed by atoms with Crippen LogP contribution in [0.3, 0.4) is 0 Å². The van der Waals surface area contributed by atoms with Crippen molar-refractivity contribution >= 4 is 6.29 Å². The molecule has 0 spiro atoms. The molecule has 0 rings (SSSR count). The molecule has 0 aliphatic carbocycles. The van der Waals surface area contributed by atoms with E-state index in [2.05, 4.69) is 6.92 Å². The van der Waals surface area contributed by atoms with Crippen molar-refractivity contribution in [1.29, 1.82) is 0 Å². The van der Waals surface area contributed by atoms with Crippen LogP contribution in [0.1, 0.15) is 116 Å². The molecule has 0 saturated carbocycles. The van der Waals surface area contributed by atoms with Crippen molar-refractivity contribution < 1.29 is 9.72 Å². The SMILES string of the molecule is CCCCCCC/C=C/C(CCCCCCCCCCCC=O)[N+](=O)[O-]. The van der Waals surface area contributed by atoms with Crippen LogP contribution in [0.4, 0.5) is 0 Å². The van der Waals surface area contributed by atoms with Gasteiger partial charge in [0.05, 0.1) is 0 Å². The quantitative estimate of drug-likeness (QED) is 0.0762. The zero-order valence-corrected chi connectivity index (χ0v) is 17.0. The van der Waals surface area contributed by atoms with E-state index in [4.69, 9.17) is 0 Å². The van der Waals surface area contributed by atoms with E-state index in [0.717, 1.165) is 44.8 Å². The lowest BCUT2D eigenvalue weighted by Gasteiger charge is -2.05. The maximum atomic E-state index is 11.2. The molecular formula is C22H41NO3. The van der Waals surface area contributed by atoms with Gasteiger partial charge in [0, 0.05) is 17.8 Å². The van der Waals surface area contributed by atoms with Gasteiger partial charge in [-0.15, -0.1) is 0 Å². The fourth-order valence-electron chi connectivity index (χ4n) is 3.21. The van der Waals surface area contributed by atoms with E-state index in [0.29, 0.717) is 12.8 Å². The van der Waals surface area contributed by atoms with Crippen molar-refractivity contribution in [2.24, 2.45) is 0 Å². The number of rotatable bonds is 20. The van der Waals surface area contributed by atoms with Crippen LogP contribution in [-0.4, -0.2) is 17.3 Å². The minimum atomic E-state index is -0.497. The first-order chi connectivity index (χ1) is 12.7. The molecule has 0 aromatic heterocycles. The van der Waals surface area contributed by atoms with E-state index in [1.807, 2.05) is 12.2 Å². The minimum absolute atomic E-state index is 0.132. The molecule has 1 unspecified atom stereocenters. The summed E-state index contributed by atoms with van der Waals surface area (Å²) in [5, 5.41) is 11.2. The van der Waals surface area contributed by atoms with Gasteiger partial charge < -0.3 is 4.79 Å². The molecule has 0 amide bonds. The van der Waals surface area contributed by atoms with Crippen LogP contribution >= 0.6 is 0 Å². The molecule has 4 nitrogen and oxygen atoms in total. The van der Waals surface area contributed by atoms with E-state index < -0.39 is 6.04 Å². The first-order valence-electron chi connectivity index (χ1n) is 11.0. The molecule has 0 aromatic rings. The van der Waals surface area contributed by atoms with Gasteiger partial charge in [-0.25, -0.2) is 0 Å². The summed E-state index contributed by atoms with van der Waals surface area (Å²) < 4.78 is 0. The lowest BCUT2D eigenvalue weighted by Crippen LogP contribution is -2.16. The van der Waals surface area contributed by atoms with Crippen LogP contribution in [0.2, 0.25) is 0 Å². The minimum Gasteiger partial charge on any atom is -0.303 e. The standard InChI is InChI=1S/C22H41NO3/c1-2-3-4-5-10-13-16-19-22(23(25)26)20-17-14-11-8-6-7-9-12-15-18-21-24/h16,19,21-22H,2-15,17-18,20H2,1H3/b19-16+. The molecular weight excluding hydrogens is 326 g/mol. The largest absolute Gasteiger partial charge is 0.303 e. The fourth-order valence-corrected chi connectivity index (χ4v) is 3.21. The summed E-state index contributed by atoms with van der Waals surface area (Å²) in [4.78, 5) is 21.2. The molecule has 0 radical (unpaired) electrons. The van der Waals surface area contributed by atoms with Gasteiger partial charge in [-0.1, -0.05) is 83.6 Å². The molecule has 26 heavy (non-hydrogen) atoms.